The molecule has 0 saturated heterocycles. The number of carbonyl (C=O) groups is 1. The van der Waals surface area contributed by atoms with Gasteiger partial charge < -0.3 is 5.32 Å². The minimum atomic E-state index is -0.747. The van der Waals surface area contributed by atoms with E-state index >= 15 is 0 Å². The van der Waals surface area contributed by atoms with Gasteiger partial charge in [0.25, 0.3) is 5.91 Å². The molecule has 0 radical (unpaired) electrons. The zero-order valence-electron chi connectivity index (χ0n) is 13.7. The van der Waals surface area contributed by atoms with Gasteiger partial charge in [-0.3, -0.25) is 9.78 Å². The van der Waals surface area contributed by atoms with E-state index in [-0.39, 0.29) is 23.3 Å². The molecule has 128 valence electrons. The van der Waals surface area contributed by atoms with Crippen molar-refractivity contribution in [1.29, 1.82) is 0 Å². The molecule has 1 unspecified atom stereocenters. The van der Waals surface area contributed by atoms with Gasteiger partial charge in [-0.05, 0) is 49.7 Å². The molecule has 1 N–H and O–H groups in total. The first kappa shape index (κ1) is 16.8. The van der Waals surface area contributed by atoms with Crippen LogP contribution in [-0.4, -0.2) is 20.7 Å². The van der Waals surface area contributed by atoms with Crippen LogP contribution >= 0.6 is 0 Å². The predicted octanol–water partition coefficient (Wildman–Crippen LogP) is 3.34. The molecule has 1 atom stereocenters. The Morgan fingerprint density at radius 3 is 2.56 bits per heavy atom. The maximum absolute atomic E-state index is 14.0. The van der Waals surface area contributed by atoms with E-state index in [2.05, 4.69) is 15.4 Å². The Balaban J connectivity index is 1.83. The third-order valence-corrected chi connectivity index (χ3v) is 3.81. The lowest BCUT2D eigenvalue weighted by atomic mass is 10.1. The Bertz CT molecular complexity index is 909. The van der Waals surface area contributed by atoms with Crippen molar-refractivity contribution in [1.82, 2.24) is 20.1 Å². The molecule has 0 spiro atoms. The zero-order valence-corrected chi connectivity index (χ0v) is 13.7. The Kier molecular flexibility index (Phi) is 4.56. The Morgan fingerprint density at radius 1 is 1.16 bits per heavy atom. The Morgan fingerprint density at radius 2 is 1.88 bits per heavy atom. The molecule has 7 heteroatoms. The van der Waals surface area contributed by atoms with E-state index in [1.54, 1.807) is 25.4 Å². The van der Waals surface area contributed by atoms with Crippen molar-refractivity contribution in [3.8, 4) is 5.69 Å². The summed E-state index contributed by atoms with van der Waals surface area (Å²) in [5, 5.41) is 6.98. The third kappa shape index (κ3) is 3.55. The highest BCUT2D eigenvalue weighted by atomic mass is 19.1. The highest BCUT2D eigenvalue weighted by Crippen LogP contribution is 2.18. The molecule has 0 fully saturated rings. The van der Waals surface area contributed by atoms with Gasteiger partial charge in [-0.25, -0.2) is 13.5 Å². The average molecular weight is 342 g/mol. The van der Waals surface area contributed by atoms with Crippen LogP contribution in [0.5, 0.6) is 0 Å². The molecule has 3 aromatic rings. The van der Waals surface area contributed by atoms with Crippen molar-refractivity contribution in [2.24, 2.45) is 0 Å². The SMILES string of the molecule is Cc1cc(C(=O)NC(C)c2ccncc2)nn1-c1ccc(F)cc1F. The summed E-state index contributed by atoms with van der Waals surface area (Å²) in [7, 11) is 0. The van der Waals surface area contributed by atoms with Crippen molar-refractivity contribution in [2.45, 2.75) is 19.9 Å². The Hall–Kier alpha value is -3.09. The number of nitrogens with one attached hydrogen (secondary N) is 1. The second-order valence-electron chi connectivity index (χ2n) is 5.65. The largest absolute Gasteiger partial charge is 0.344 e. The molecule has 2 aromatic heterocycles. The first-order valence-corrected chi connectivity index (χ1v) is 7.68. The smallest absolute Gasteiger partial charge is 0.272 e. The molecule has 0 bridgehead atoms. The van der Waals surface area contributed by atoms with Gasteiger partial charge in [0, 0.05) is 24.2 Å². The van der Waals surface area contributed by atoms with Crippen LogP contribution in [0.1, 0.15) is 34.7 Å². The van der Waals surface area contributed by atoms with Gasteiger partial charge in [-0.1, -0.05) is 0 Å². The lowest BCUT2D eigenvalue weighted by molar-refractivity contribution is 0.0934. The number of aromatic nitrogens is 3. The number of nitrogens with zero attached hydrogens (tertiary/aromatic N) is 3. The predicted molar refractivity (Wildman–Crippen MR) is 88.3 cm³/mol. The topological polar surface area (TPSA) is 59.8 Å². The van der Waals surface area contributed by atoms with E-state index in [1.807, 2.05) is 19.1 Å². The minimum Gasteiger partial charge on any atom is -0.344 e. The van der Waals surface area contributed by atoms with Gasteiger partial charge in [0.2, 0.25) is 0 Å². The van der Waals surface area contributed by atoms with Crippen LogP contribution in [0.4, 0.5) is 8.78 Å². The molecule has 0 aliphatic carbocycles. The summed E-state index contributed by atoms with van der Waals surface area (Å²) < 4.78 is 28.3. The van der Waals surface area contributed by atoms with Crippen molar-refractivity contribution in [3.63, 3.8) is 0 Å². The van der Waals surface area contributed by atoms with E-state index in [4.69, 9.17) is 0 Å². The van der Waals surface area contributed by atoms with E-state index < -0.39 is 11.6 Å². The fraction of sp³-hybridized carbons (Fsp3) is 0.167. The summed E-state index contributed by atoms with van der Waals surface area (Å²) in [5.74, 6) is -1.80. The number of rotatable bonds is 4. The van der Waals surface area contributed by atoms with Crippen LogP contribution in [0.25, 0.3) is 5.69 Å². The van der Waals surface area contributed by atoms with Crippen molar-refractivity contribution in [3.05, 3.63) is 77.4 Å². The number of pyridine rings is 1. The molecule has 5 nitrogen and oxygen atoms in total. The van der Waals surface area contributed by atoms with E-state index in [0.717, 1.165) is 17.7 Å². The number of hydrogen-bond donors (Lipinski definition) is 1. The lowest BCUT2D eigenvalue weighted by Crippen LogP contribution is -2.27. The van der Waals surface area contributed by atoms with Crippen LogP contribution in [0.15, 0.2) is 48.8 Å². The quantitative estimate of drug-likeness (QED) is 0.791. The maximum Gasteiger partial charge on any atom is 0.272 e. The van der Waals surface area contributed by atoms with Crippen molar-refractivity contribution < 1.29 is 13.6 Å². The van der Waals surface area contributed by atoms with Crippen molar-refractivity contribution in [2.75, 3.05) is 0 Å². The molecular formula is C18H16F2N4O. The summed E-state index contributed by atoms with van der Waals surface area (Å²) in [6, 6.07) is 8.14. The summed E-state index contributed by atoms with van der Waals surface area (Å²) in [6.07, 6.45) is 3.29. The number of benzene rings is 1. The minimum absolute atomic E-state index is 0.0835. The zero-order chi connectivity index (χ0) is 18.0. The molecule has 0 aliphatic rings. The maximum atomic E-state index is 14.0. The molecule has 25 heavy (non-hydrogen) atoms. The van der Waals surface area contributed by atoms with E-state index in [1.165, 1.54) is 10.7 Å². The number of aryl methyl sites for hydroxylation is 1. The molecule has 1 aromatic carbocycles. The fourth-order valence-electron chi connectivity index (χ4n) is 2.49. The van der Waals surface area contributed by atoms with Gasteiger partial charge in [-0.2, -0.15) is 5.10 Å². The summed E-state index contributed by atoms with van der Waals surface area (Å²) in [5.41, 5.74) is 1.71. The molecule has 1 amide bonds. The van der Waals surface area contributed by atoms with Gasteiger partial charge in [0.05, 0.1) is 6.04 Å². The highest BCUT2D eigenvalue weighted by Gasteiger charge is 2.17. The fourth-order valence-corrected chi connectivity index (χ4v) is 2.49. The number of hydrogen-bond acceptors (Lipinski definition) is 3. The summed E-state index contributed by atoms with van der Waals surface area (Å²) in [6.45, 7) is 3.54. The molecule has 2 heterocycles. The second kappa shape index (κ2) is 6.80. The van der Waals surface area contributed by atoms with E-state index in [9.17, 15) is 13.6 Å². The summed E-state index contributed by atoms with van der Waals surface area (Å²) in [4.78, 5) is 16.3. The first-order chi connectivity index (χ1) is 12.0. The standard InChI is InChI=1S/C18H16F2N4O/c1-11-9-16(18(25)22-12(2)13-5-7-21-8-6-13)23-24(11)17-4-3-14(19)10-15(17)20/h3-10,12H,1-2H3,(H,22,25). The van der Waals surface area contributed by atoms with Crippen LogP contribution in [0.2, 0.25) is 0 Å². The first-order valence-electron chi connectivity index (χ1n) is 7.68. The highest BCUT2D eigenvalue weighted by molar-refractivity contribution is 5.92. The van der Waals surface area contributed by atoms with Gasteiger partial charge >= 0.3 is 0 Å². The molecule has 0 aliphatic heterocycles. The van der Waals surface area contributed by atoms with E-state index in [0.29, 0.717) is 5.69 Å². The lowest BCUT2D eigenvalue weighted by Gasteiger charge is -2.12. The number of halogens is 2. The third-order valence-electron chi connectivity index (χ3n) is 3.81. The summed E-state index contributed by atoms with van der Waals surface area (Å²) >= 11 is 0. The van der Waals surface area contributed by atoms with Crippen molar-refractivity contribution >= 4 is 5.91 Å². The Labute approximate surface area is 143 Å². The van der Waals surface area contributed by atoms with Crippen LogP contribution < -0.4 is 5.32 Å². The molecule has 3 rings (SSSR count). The number of amides is 1. The number of carbonyl (C=O) groups excluding carboxylic acids is 1. The monoisotopic (exact) mass is 342 g/mol. The van der Waals surface area contributed by atoms with Crippen LogP contribution in [0, 0.1) is 18.6 Å². The average Bonchev–Trinajstić information content (AvgIpc) is 2.97. The molecular weight excluding hydrogens is 326 g/mol. The van der Waals surface area contributed by atoms with Gasteiger partial charge in [0.15, 0.2) is 11.5 Å². The normalized spacial score (nSPS) is 12.0. The van der Waals surface area contributed by atoms with Crippen LogP contribution in [-0.2, 0) is 0 Å². The molecule has 0 saturated carbocycles. The van der Waals surface area contributed by atoms with Gasteiger partial charge in [-0.15, -0.1) is 0 Å². The van der Waals surface area contributed by atoms with Gasteiger partial charge in [0.1, 0.15) is 11.5 Å². The second-order valence-corrected chi connectivity index (χ2v) is 5.65. The van der Waals surface area contributed by atoms with Crippen LogP contribution in [0.3, 0.4) is 0 Å².